The van der Waals surface area contributed by atoms with Gasteiger partial charge in [-0.3, -0.25) is 0 Å². The molecule has 90 valence electrons. The highest BCUT2D eigenvalue weighted by Gasteiger charge is 2.30. The van der Waals surface area contributed by atoms with Crippen molar-refractivity contribution in [3.05, 3.63) is 0 Å². The molecule has 1 aliphatic rings. The third kappa shape index (κ3) is 4.95. The third-order valence-corrected chi connectivity index (χ3v) is 4.82. The van der Waals surface area contributed by atoms with Crippen LogP contribution in [0, 0.1) is 5.92 Å². The average molecular weight is 234 g/mol. The van der Waals surface area contributed by atoms with Gasteiger partial charge in [-0.15, -0.1) is 0 Å². The zero-order valence-corrected chi connectivity index (χ0v) is 10.3. The molecule has 2 N–H and O–H groups in total. The van der Waals surface area contributed by atoms with E-state index < -0.39 is 10.0 Å². The van der Waals surface area contributed by atoms with Gasteiger partial charge in [0.15, 0.2) is 0 Å². The number of unbranched alkanes of at least 4 members (excludes halogenated alkanes) is 2. The first-order valence-electron chi connectivity index (χ1n) is 5.70. The summed E-state index contributed by atoms with van der Waals surface area (Å²) in [6, 6.07) is 0. The molecular weight excluding hydrogens is 212 g/mol. The van der Waals surface area contributed by atoms with E-state index in [1.165, 1.54) is 4.31 Å². The average Bonchev–Trinajstić information content (AvgIpc) is 2.95. The first kappa shape index (κ1) is 12.9. The van der Waals surface area contributed by atoms with Crippen molar-refractivity contribution in [1.29, 1.82) is 0 Å². The van der Waals surface area contributed by atoms with Crippen molar-refractivity contribution in [3.8, 4) is 0 Å². The highest BCUT2D eigenvalue weighted by molar-refractivity contribution is 7.89. The normalized spacial score (nSPS) is 17.3. The first-order chi connectivity index (χ1) is 7.06. The molecule has 0 saturated heterocycles. The van der Waals surface area contributed by atoms with Gasteiger partial charge in [0.25, 0.3) is 0 Å². The summed E-state index contributed by atoms with van der Waals surface area (Å²) >= 11 is 0. The molecule has 0 aromatic rings. The van der Waals surface area contributed by atoms with Crippen molar-refractivity contribution in [2.45, 2.75) is 32.1 Å². The lowest BCUT2D eigenvalue weighted by molar-refractivity contribution is 0.451. The summed E-state index contributed by atoms with van der Waals surface area (Å²) in [4.78, 5) is 0. The molecular formula is C10H22N2O2S. The molecule has 1 fully saturated rings. The summed E-state index contributed by atoms with van der Waals surface area (Å²) in [5.41, 5.74) is 5.37. The van der Waals surface area contributed by atoms with Crippen LogP contribution in [-0.2, 0) is 10.0 Å². The van der Waals surface area contributed by atoms with E-state index in [4.69, 9.17) is 5.73 Å². The number of rotatable bonds is 8. The van der Waals surface area contributed by atoms with Crippen LogP contribution in [0.5, 0.6) is 0 Å². The van der Waals surface area contributed by atoms with Gasteiger partial charge in [0.05, 0.1) is 5.75 Å². The lowest BCUT2D eigenvalue weighted by atomic mass is 10.2. The standard InChI is InChI=1S/C10H22N2O2S/c1-12(8-4-2-3-7-11)15(13,14)9-10-5-6-10/h10H,2-9,11H2,1H3. The van der Waals surface area contributed by atoms with Crippen LogP contribution in [0.25, 0.3) is 0 Å². The molecule has 0 heterocycles. The summed E-state index contributed by atoms with van der Waals surface area (Å²) in [6.07, 6.45) is 5.08. The lowest BCUT2D eigenvalue weighted by Crippen LogP contribution is -2.30. The molecule has 0 unspecified atom stereocenters. The van der Waals surface area contributed by atoms with Gasteiger partial charge in [-0.2, -0.15) is 0 Å². The minimum atomic E-state index is -2.98. The van der Waals surface area contributed by atoms with Crippen molar-refractivity contribution >= 4 is 10.0 Å². The van der Waals surface area contributed by atoms with Crippen molar-refractivity contribution in [2.75, 3.05) is 25.9 Å². The van der Waals surface area contributed by atoms with E-state index in [0.29, 0.717) is 24.8 Å². The summed E-state index contributed by atoms with van der Waals surface area (Å²) in [5, 5.41) is 0. The van der Waals surface area contributed by atoms with E-state index in [1.807, 2.05) is 0 Å². The molecule has 0 atom stereocenters. The second kappa shape index (κ2) is 5.82. The van der Waals surface area contributed by atoms with E-state index in [9.17, 15) is 8.42 Å². The maximum Gasteiger partial charge on any atom is 0.214 e. The van der Waals surface area contributed by atoms with E-state index in [0.717, 1.165) is 32.1 Å². The summed E-state index contributed by atoms with van der Waals surface area (Å²) < 4.78 is 25.0. The molecule has 0 amide bonds. The zero-order valence-electron chi connectivity index (χ0n) is 9.48. The smallest absolute Gasteiger partial charge is 0.214 e. The fourth-order valence-electron chi connectivity index (χ4n) is 1.50. The summed E-state index contributed by atoms with van der Waals surface area (Å²) in [7, 11) is -1.30. The Kier molecular flexibility index (Phi) is 5.02. The SMILES string of the molecule is CN(CCCCCN)S(=O)(=O)CC1CC1. The minimum Gasteiger partial charge on any atom is -0.330 e. The highest BCUT2D eigenvalue weighted by Crippen LogP contribution is 2.30. The maximum absolute atomic E-state index is 11.7. The number of hydrogen-bond donors (Lipinski definition) is 1. The zero-order chi connectivity index (χ0) is 11.3. The van der Waals surface area contributed by atoms with Gasteiger partial charge in [0.2, 0.25) is 10.0 Å². The van der Waals surface area contributed by atoms with Crippen LogP contribution in [0.3, 0.4) is 0 Å². The third-order valence-electron chi connectivity index (χ3n) is 2.80. The molecule has 5 heteroatoms. The Morgan fingerprint density at radius 1 is 1.27 bits per heavy atom. The summed E-state index contributed by atoms with van der Waals surface area (Å²) in [5.74, 6) is 0.780. The fraction of sp³-hybridized carbons (Fsp3) is 1.00. The van der Waals surface area contributed by atoms with Crippen LogP contribution < -0.4 is 5.73 Å². The fourth-order valence-corrected chi connectivity index (χ4v) is 3.10. The molecule has 1 saturated carbocycles. The Hall–Kier alpha value is -0.130. The Balaban J connectivity index is 2.21. The highest BCUT2D eigenvalue weighted by atomic mass is 32.2. The van der Waals surface area contributed by atoms with Crippen molar-refractivity contribution in [2.24, 2.45) is 11.7 Å². The van der Waals surface area contributed by atoms with Crippen LogP contribution in [0.4, 0.5) is 0 Å². The Labute approximate surface area is 92.9 Å². The Morgan fingerprint density at radius 3 is 2.47 bits per heavy atom. The van der Waals surface area contributed by atoms with E-state index in [1.54, 1.807) is 7.05 Å². The largest absolute Gasteiger partial charge is 0.330 e. The van der Waals surface area contributed by atoms with Crippen molar-refractivity contribution in [3.63, 3.8) is 0 Å². The van der Waals surface area contributed by atoms with Gasteiger partial charge in [-0.1, -0.05) is 6.42 Å². The second-order valence-corrected chi connectivity index (χ2v) is 6.51. The number of nitrogens with two attached hydrogens (primary N) is 1. The molecule has 0 spiro atoms. The maximum atomic E-state index is 11.7. The molecule has 1 rings (SSSR count). The van der Waals surface area contributed by atoms with E-state index in [2.05, 4.69) is 0 Å². The van der Waals surface area contributed by atoms with Gasteiger partial charge < -0.3 is 5.73 Å². The number of hydrogen-bond acceptors (Lipinski definition) is 3. The molecule has 1 aliphatic carbocycles. The van der Waals surface area contributed by atoms with Gasteiger partial charge >= 0.3 is 0 Å². The predicted molar refractivity (Wildman–Crippen MR) is 62.0 cm³/mol. The van der Waals surface area contributed by atoms with Crippen LogP contribution in [-0.4, -0.2) is 38.6 Å². The van der Waals surface area contributed by atoms with Crippen LogP contribution in [0.15, 0.2) is 0 Å². The Bertz CT molecular complexity index is 273. The molecule has 4 nitrogen and oxygen atoms in total. The first-order valence-corrected chi connectivity index (χ1v) is 7.31. The van der Waals surface area contributed by atoms with Gasteiger partial charge in [-0.25, -0.2) is 12.7 Å². The Morgan fingerprint density at radius 2 is 1.93 bits per heavy atom. The molecule has 0 bridgehead atoms. The van der Waals surface area contributed by atoms with Crippen molar-refractivity contribution in [1.82, 2.24) is 4.31 Å². The van der Waals surface area contributed by atoms with E-state index >= 15 is 0 Å². The van der Waals surface area contributed by atoms with Gasteiger partial charge in [-0.05, 0) is 38.1 Å². The van der Waals surface area contributed by atoms with Gasteiger partial charge in [0, 0.05) is 13.6 Å². The second-order valence-electron chi connectivity index (χ2n) is 4.39. The lowest BCUT2D eigenvalue weighted by Gasteiger charge is -2.16. The minimum absolute atomic E-state index is 0.348. The number of nitrogens with zero attached hydrogens (tertiary/aromatic N) is 1. The van der Waals surface area contributed by atoms with Crippen molar-refractivity contribution < 1.29 is 8.42 Å². The topological polar surface area (TPSA) is 63.4 Å². The van der Waals surface area contributed by atoms with Crippen LogP contribution >= 0.6 is 0 Å². The predicted octanol–water partition coefficient (Wildman–Crippen LogP) is 0.787. The number of sulfonamides is 1. The molecule has 15 heavy (non-hydrogen) atoms. The molecule has 0 aromatic carbocycles. The monoisotopic (exact) mass is 234 g/mol. The molecule has 0 aromatic heterocycles. The summed E-state index contributed by atoms with van der Waals surface area (Å²) in [6.45, 7) is 1.33. The quantitative estimate of drug-likeness (QED) is 0.631. The van der Waals surface area contributed by atoms with E-state index in [-0.39, 0.29) is 0 Å². The van der Waals surface area contributed by atoms with Crippen LogP contribution in [0.2, 0.25) is 0 Å². The molecule has 0 aliphatic heterocycles. The van der Waals surface area contributed by atoms with Gasteiger partial charge in [0.1, 0.15) is 0 Å². The molecule has 0 radical (unpaired) electrons. The van der Waals surface area contributed by atoms with Crippen LogP contribution in [0.1, 0.15) is 32.1 Å².